The summed E-state index contributed by atoms with van der Waals surface area (Å²) in [6.45, 7) is 13.3. The van der Waals surface area contributed by atoms with Gasteiger partial charge in [-0.1, -0.05) is 39.3 Å². The van der Waals surface area contributed by atoms with Crippen LogP contribution < -0.4 is 0 Å². The van der Waals surface area contributed by atoms with Crippen LogP contribution in [0.15, 0.2) is 11.6 Å². The molecular weight excluding hydrogens is 797 g/mol. The summed E-state index contributed by atoms with van der Waals surface area (Å²) in [4.78, 5) is 14.4. The highest BCUT2D eigenvalue weighted by Crippen LogP contribution is 2.77. The van der Waals surface area contributed by atoms with Gasteiger partial charge in [0.25, 0.3) is 0 Å². The topological polar surface area (TPSA) is 257 Å². The maximum absolute atomic E-state index is 14.4. The van der Waals surface area contributed by atoms with Gasteiger partial charge in [0.15, 0.2) is 18.2 Å². The number of hydrogen-bond donors (Lipinski definition) is 7. The standard InChI is InChI=1S/C41H64O17S/c1-35(2)13-11-26(56-35)39(7)41(48)17-16-38(6)21-8-9-24-36(3,4)25(12-14-37(24,5)20(21)10-15-40(38,41)34(47)57-39)54-33-31(28(44)23(19-52-33)58-59(49,50)51)55-32-30(46)29(45)27(43)22(18-42)53-32/h10,21-33,42-46,48H,8-9,11-19H2,1-7H3,(H,49,50,51). The first-order valence-corrected chi connectivity index (χ1v) is 22.6. The van der Waals surface area contributed by atoms with Gasteiger partial charge >= 0.3 is 16.4 Å². The van der Waals surface area contributed by atoms with E-state index < -0.39 is 119 Å². The molecule has 0 radical (unpaired) electrons. The Morgan fingerprint density at radius 2 is 1.56 bits per heavy atom. The fraction of sp³-hybridized carbons (Fsp3) is 0.927. The number of cyclic esters (lactones) is 1. The van der Waals surface area contributed by atoms with Gasteiger partial charge in [0.1, 0.15) is 59.8 Å². The Labute approximate surface area is 345 Å². The molecule has 4 saturated heterocycles. The van der Waals surface area contributed by atoms with E-state index in [0.717, 1.165) is 19.3 Å². The molecule has 3 saturated carbocycles. The minimum absolute atomic E-state index is 0.0171. The van der Waals surface area contributed by atoms with Crippen LogP contribution in [0.2, 0.25) is 0 Å². The molecule has 0 aromatic rings. The number of aliphatic hydroxyl groups excluding tert-OH is 5. The molecule has 7 fully saturated rings. The molecule has 7 N–H and O–H groups in total. The number of allylic oxidation sites excluding steroid dienone is 2. The van der Waals surface area contributed by atoms with E-state index in [1.807, 2.05) is 20.8 Å². The molecule has 59 heavy (non-hydrogen) atoms. The molecule has 1 spiro atoms. The highest BCUT2D eigenvalue weighted by molar-refractivity contribution is 7.80. The molecule has 0 aromatic heterocycles. The Morgan fingerprint density at radius 3 is 2.20 bits per heavy atom. The van der Waals surface area contributed by atoms with Crippen LogP contribution in [0.1, 0.15) is 106 Å². The second kappa shape index (κ2) is 14.3. The first-order chi connectivity index (χ1) is 27.3. The zero-order valence-electron chi connectivity index (χ0n) is 35.0. The average molecular weight is 861 g/mol. The number of carbonyl (C=O) groups excluding carboxylic acids is 1. The lowest BCUT2D eigenvalue weighted by molar-refractivity contribution is -0.364. The van der Waals surface area contributed by atoms with Crippen molar-refractivity contribution >= 4 is 16.4 Å². The highest BCUT2D eigenvalue weighted by atomic mass is 32.3. The Kier molecular flexibility index (Phi) is 10.7. The van der Waals surface area contributed by atoms with Crippen LogP contribution in [0.3, 0.4) is 0 Å². The van der Waals surface area contributed by atoms with Gasteiger partial charge in [-0.2, -0.15) is 8.42 Å². The average Bonchev–Trinajstić information content (AvgIpc) is 3.71. The molecule has 0 bridgehead atoms. The van der Waals surface area contributed by atoms with Crippen molar-refractivity contribution in [3.63, 3.8) is 0 Å². The van der Waals surface area contributed by atoms with Crippen LogP contribution in [-0.4, -0.2) is 147 Å². The van der Waals surface area contributed by atoms with Gasteiger partial charge in [-0.05, 0) is 107 Å². The Bertz CT molecular complexity index is 1800. The van der Waals surface area contributed by atoms with Gasteiger partial charge in [0.2, 0.25) is 0 Å². The molecule has 0 aromatic carbocycles. The van der Waals surface area contributed by atoms with Crippen LogP contribution in [0, 0.1) is 33.5 Å². The molecule has 0 amide bonds. The number of carbonyl (C=O) groups is 1. The first kappa shape index (κ1) is 44.3. The maximum Gasteiger partial charge on any atom is 0.397 e. The fourth-order valence-corrected chi connectivity index (χ4v) is 14.2. The molecule has 4 heterocycles. The number of rotatable bonds is 8. The van der Waals surface area contributed by atoms with Crippen molar-refractivity contribution in [3.8, 4) is 0 Å². The number of ether oxygens (including phenoxy) is 6. The third-order valence-electron chi connectivity index (χ3n) is 16.9. The van der Waals surface area contributed by atoms with Crippen molar-refractivity contribution in [2.24, 2.45) is 33.5 Å². The van der Waals surface area contributed by atoms with Gasteiger partial charge in [-0.15, -0.1) is 0 Å². The molecule has 8 aliphatic rings. The summed E-state index contributed by atoms with van der Waals surface area (Å²) < 4.78 is 74.4. The van der Waals surface area contributed by atoms with Crippen LogP contribution >= 0.6 is 0 Å². The molecule has 18 atom stereocenters. The highest BCUT2D eigenvalue weighted by Gasteiger charge is 2.84. The molecule has 4 aliphatic carbocycles. The molecule has 4 aliphatic heterocycles. The lowest BCUT2D eigenvalue weighted by Gasteiger charge is -2.64. The van der Waals surface area contributed by atoms with Gasteiger partial charge in [-0.3, -0.25) is 9.35 Å². The Morgan fingerprint density at radius 1 is 0.847 bits per heavy atom. The zero-order valence-corrected chi connectivity index (χ0v) is 35.8. The molecular formula is C41H64O17S. The fourth-order valence-electron chi connectivity index (χ4n) is 13.7. The minimum atomic E-state index is -5.06. The molecule has 8 rings (SSSR count). The van der Waals surface area contributed by atoms with Crippen molar-refractivity contribution in [2.45, 2.75) is 191 Å². The predicted octanol–water partition coefficient (Wildman–Crippen LogP) is 1.44. The number of esters is 1. The first-order valence-electron chi connectivity index (χ1n) is 21.2. The van der Waals surface area contributed by atoms with Crippen LogP contribution in [-0.2, 0) is 47.8 Å². The van der Waals surface area contributed by atoms with Crippen LogP contribution in [0.4, 0.5) is 0 Å². The summed E-state index contributed by atoms with van der Waals surface area (Å²) in [6, 6.07) is 0. The summed E-state index contributed by atoms with van der Waals surface area (Å²) in [7, 11) is -5.06. The summed E-state index contributed by atoms with van der Waals surface area (Å²) in [5.41, 5.74) is -4.22. The van der Waals surface area contributed by atoms with E-state index in [0.29, 0.717) is 38.5 Å². The number of fused-ring (bicyclic) bond motifs is 4. The zero-order chi connectivity index (χ0) is 43.1. The number of aliphatic hydroxyl groups is 6. The molecule has 336 valence electrons. The van der Waals surface area contributed by atoms with Crippen LogP contribution in [0.25, 0.3) is 0 Å². The Hall–Kier alpha value is -1.36. The quantitative estimate of drug-likeness (QED) is 0.0789. The third-order valence-corrected chi connectivity index (χ3v) is 17.4. The van der Waals surface area contributed by atoms with E-state index in [-0.39, 0.29) is 28.8 Å². The second-order valence-corrected chi connectivity index (χ2v) is 21.6. The summed E-state index contributed by atoms with van der Waals surface area (Å²) >= 11 is 0. The third kappa shape index (κ3) is 6.31. The summed E-state index contributed by atoms with van der Waals surface area (Å²) in [6.07, 6.45) is -7.84. The normalized spacial score (nSPS) is 52.8. The smallest absolute Gasteiger partial charge is 0.397 e. The van der Waals surface area contributed by atoms with Crippen molar-refractivity contribution in [1.29, 1.82) is 0 Å². The van der Waals surface area contributed by atoms with Crippen molar-refractivity contribution in [3.05, 3.63) is 11.6 Å². The monoisotopic (exact) mass is 860 g/mol. The summed E-state index contributed by atoms with van der Waals surface area (Å²) in [5.74, 6) is -0.253. The maximum atomic E-state index is 14.4. The lowest BCUT2D eigenvalue weighted by atomic mass is 9.40. The van der Waals surface area contributed by atoms with E-state index in [1.54, 1.807) is 0 Å². The van der Waals surface area contributed by atoms with Gasteiger partial charge in [0, 0.05) is 0 Å². The van der Waals surface area contributed by atoms with Crippen molar-refractivity contribution < 1.29 is 81.0 Å². The van der Waals surface area contributed by atoms with E-state index in [1.165, 1.54) is 5.57 Å². The van der Waals surface area contributed by atoms with E-state index in [4.69, 9.17) is 28.4 Å². The number of hydrogen-bond acceptors (Lipinski definition) is 16. The van der Waals surface area contributed by atoms with Gasteiger partial charge in [0.05, 0.1) is 24.9 Å². The van der Waals surface area contributed by atoms with E-state index >= 15 is 0 Å². The molecule has 18 heteroatoms. The minimum Gasteiger partial charge on any atom is -0.453 e. The molecule has 17 nitrogen and oxygen atoms in total. The summed E-state index contributed by atoms with van der Waals surface area (Å²) in [5, 5.41) is 65.6. The van der Waals surface area contributed by atoms with E-state index in [2.05, 4.69) is 38.0 Å². The molecule has 18 unspecified atom stereocenters. The second-order valence-electron chi connectivity index (χ2n) is 20.6. The largest absolute Gasteiger partial charge is 0.453 e. The van der Waals surface area contributed by atoms with Gasteiger partial charge < -0.3 is 59.1 Å². The van der Waals surface area contributed by atoms with Crippen molar-refractivity contribution in [1.82, 2.24) is 0 Å². The lowest BCUT2D eigenvalue weighted by Crippen LogP contribution is -2.66. The predicted molar refractivity (Wildman–Crippen MR) is 203 cm³/mol. The SMILES string of the molecule is CC1(C)CCC(C2(C)OC(=O)C34CC=C5C(CCC6C5(C)CCC(OC5OCC(OS(=O)(=O)O)C(O)C5OC5OC(CO)C(O)C(O)C5O)C6(C)C)C3(C)CCC24O)O1. The van der Waals surface area contributed by atoms with Crippen LogP contribution in [0.5, 0.6) is 0 Å². The van der Waals surface area contributed by atoms with E-state index in [9.17, 15) is 48.4 Å². The van der Waals surface area contributed by atoms with Gasteiger partial charge in [-0.25, -0.2) is 4.18 Å². The Balaban J connectivity index is 1.05. The van der Waals surface area contributed by atoms with Crippen molar-refractivity contribution in [2.75, 3.05) is 13.2 Å².